The number of hydrogen-bond acceptors (Lipinski definition) is 5. The summed E-state index contributed by atoms with van der Waals surface area (Å²) in [5.74, 6) is -1.66. The number of aromatic nitrogens is 2. The maximum Gasteiger partial charge on any atom is 0.381 e. The number of carboxylic acids is 1. The molecule has 23 heavy (non-hydrogen) atoms. The average Bonchev–Trinajstić information content (AvgIpc) is 2.75. The number of aliphatic carboxylic acids is 1. The van der Waals surface area contributed by atoms with Gasteiger partial charge in [0.1, 0.15) is 18.8 Å². The number of aryl methyl sites for hydroxylation is 1. The second-order valence-electron chi connectivity index (χ2n) is 6.59. The molecule has 1 aromatic rings. The highest BCUT2D eigenvalue weighted by atomic mass is 16.6. The number of nitrogens with zero attached hydrogens (tertiary/aromatic N) is 3. The second kappa shape index (κ2) is 7.21. The van der Waals surface area contributed by atoms with Gasteiger partial charge in [-0.2, -0.15) is 0 Å². The molecular formula is C14H22N4O5. The lowest BCUT2D eigenvalue weighted by Crippen LogP contribution is -2.42. The van der Waals surface area contributed by atoms with Gasteiger partial charge in [0.05, 0.1) is 0 Å². The van der Waals surface area contributed by atoms with E-state index >= 15 is 0 Å². The SMILES string of the molecule is Cc1nc([N+](=O)[O-])cn1CC(=O)NC(CCC(C)(C)C)C(=O)O. The van der Waals surface area contributed by atoms with Crippen molar-refractivity contribution in [2.45, 2.75) is 53.1 Å². The Hall–Kier alpha value is -2.45. The highest BCUT2D eigenvalue weighted by Gasteiger charge is 2.24. The van der Waals surface area contributed by atoms with E-state index in [2.05, 4.69) is 10.3 Å². The van der Waals surface area contributed by atoms with Crippen molar-refractivity contribution in [2.24, 2.45) is 5.41 Å². The maximum atomic E-state index is 12.0. The fourth-order valence-electron chi connectivity index (χ4n) is 1.97. The molecule has 1 amide bonds. The molecule has 128 valence electrons. The highest BCUT2D eigenvalue weighted by Crippen LogP contribution is 2.21. The van der Waals surface area contributed by atoms with E-state index in [1.54, 1.807) is 0 Å². The molecule has 1 atom stereocenters. The van der Waals surface area contributed by atoms with Crippen molar-refractivity contribution in [2.75, 3.05) is 0 Å². The Bertz CT molecular complexity index is 603. The lowest BCUT2D eigenvalue weighted by atomic mass is 9.88. The molecule has 0 aliphatic rings. The van der Waals surface area contributed by atoms with E-state index in [4.69, 9.17) is 0 Å². The van der Waals surface area contributed by atoms with Crippen LogP contribution in [0.1, 0.15) is 39.4 Å². The van der Waals surface area contributed by atoms with Crippen LogP contribution in [0.15, 0.2) is 6.20 Å². The summed E-state index contributed by atoms with van der Waals surface area (Å²) < 4.78 is 1.32. The van der Waals surface area contributed by atoms with Crippen LogP contribution in [0.5, 0.6) is 0 Å². The first-order chi connectivity index (χ1) is 10.5. The minimum atomic E-state index is -1.10. The number of carbonyl (C=O) groups is 2. The molecule has 1 rings (SSSR count). The number of imidazole rings is 1. The van der Waals surface area contributed by atoms with E-state index in [1.807, 2.05) is 20.8 Å². The quantitative estimate of drug-likeness (QED) is 0.577. The van der Waals surface area contributed by atoms with Gasteiger partial charge in [0, 0.05) is 6.92 Å². The van der Waals surface area contributed by atoms with Gasteiger partial charge in [-0.3, -0.25) is 9.36 Å². The molecule has 9 heteroatoms. The van der Waals surface area contributed by atoms with Gasteiger partial charge in [0.15, 0.2) is 0 Å². The molecular weight excluding hydrogens is 304 g/mol. The number of carbonyl (C=O) groups excluding carboxylic acids is 1. The molecule has 0 aliphatic carbocycles. The van der Waals surface area contributed by atoms with Gasteiger partial charge in [-0.1, -0.05) is 20.8 Å². The van der Waals surface area contributed by atoms with Gasteiger partial charge in [0.25, 0.3) is 0 Å². The molecule has 1 aromatic heterocycles. The summed E-state index contributed by atoms with van der Waals surface area (Å²) in [6.07, 6.45) is 2.10. The standard InChI is InChI=1S/C14H22N4O5/c1-9-15-11(18(22)23)7-17(9)8-12(19)16-10(13(20)21)5-6-14(2,3)4/h7,10H,5-6,8H2,1-4H3,(H,16,19)(H,20,21). The Morgan fingerprint density at radius 1 is 1.48 bits per heavy atom. The van der Waals surface area contributed by atoms with E-state index < -0.39 is 22.8 Å². The summed E-state index contributed by atoms with van der Waals surface area (Å²) in [6.45, 7) is 7.28. The number of carboxylic acid groups (broad SMARTS) is 1. The number of rotatable bonds is 7. The largest absolute Gasteiger partial charge is 0.480 e. The minimum Gasteiger partial charge on any atom is -0.480 e. The molecule has 0 aromatic carbocycles. The average molecular weight is 326 g/mol. The Morgan fingerprint density at radius 3 is 2.52 bits per heavy atom. The van der Waals surface area contributed by atoms with E-state index in [0.717, 1.165) is 6.20 Å². The van der Waals surface area contributed by atoms with Gasteiger partial charge in [-0.05, 0) is 28.2 Å². The predicted molar refractivity (Wildman–Crippen MR) is 81.9 cm³/mol. The molecule has 0 saturated heterocycles. The van der Waals surface area contributed by atoms with Crippen molar-refractivity contribution < 1.29 is 19.6 Å². The highest BCUT2D eigenvalue weighted by molar-refractivity contribution is 5.83. The first-order valence-electron chi connectivity index (χ1n) is 7.20. The zero-order valence-electron chi connectivity index (χ0n) is 13.7. The predicted octanol–water partition coefficient (Wildman–Crippen LogP) is 1.50. The van der Waals surface area contributed by atoms with Crippen LogP contribution in [0.25, 0.3) is 0 Å². The van der Waals surface area contributed by atoms with Gasteiger partial charge in [-0.25, -0.2) is 4.79 Å². The Balaban J connectivity index is 2.69. The third-order valence-electron chi connectivity index (χ3n) is 3.28. The number of hydrogen-bond donors (Lipinski definition) is 2. The smallest absolute Gasteiger partial charge is 0.381 e. The molecule has 2 N–H and O–H groups in total. The number of nitrogens with one attached hydrogen (secondary N) is 1. The maximum absolute atomic E-state index is 12.0. The molecule has 0 bridgehead atoms. The first kappa shape index (κ1) is 18.6. The van der Waals surface area contributed by atoms with Crippen LogP contribution in [0.2, 0.25) is 0 Å². The summed E-state index contributed by atoms with van der Waals surface area (Å²) in [5.41, 5.74) is -0.0417. The molecule has 0 aliphatic heterocycles. The fraction of sp³-hybridized carbons (Fsp3) is 0.643. The third kappa shape index (κ3) is 6.05. The van der Waals surface area contributed by atoms with Crippen molar-refractivity contribution >= 4 is 17.7 Å². The van der Waals surface area contributed by atoms with Crippen LogP contribution in [0.4, 0.5) is 5.82 Å². The van der Waals surface area contributed by atoms with Gasteiger partial charge in [-0.15, -0.1) is 0 Å². The summed E-state index contributed by atoms with van der Waals surface area (Å²) in [6, 6.07) is -0.986. The fourth-order valence-corrected chi connectivity index (χ4v) is 1.97. The topological polar surface area (TPSA) is 127 Å². The van der Waals surface area contributed by atoms with Crippen molar-refractivity contribution in [3.05, 3.63) is 22.1 Å². The van der Waals surface area contributed by atoms with E-state index in [9.17, 15) is 24.8 Å². The van der Waals surface area contributed by atoms with Crippen molar-refractivity contribution in [3.63, 3.8) is 0 Å². The normalized spacial score (nSPS) is 12.7. The lowest BCUT2D eigenvalue weighted by molar-refractivity contribution is -0.389. The Labute approximate surface area is 133 Å². The Morgan fingerprint density at radius 2 is 2.09 bits per heavy atom. The van der Waals surface area contributed by atoms with Gasteiger partial charge in [0.2, 0.25) is 11.7 Å². The zero-order chi connectivity index (χ0) is 17.8. The summed E-state index contributed by atoms with van der Waals surface area (Å²) in [5, 5.41) is 22.3. The summed E-state index contributed by atoms with van der Waals surface area (Å²) >= 11 is 0. The van der Waals surface area contributed by atoms with Crippen molar-refractivity contribution in [3.8, 4) is 0 Å². The molecule has 0 fully saturated rings. The molecule has 0 saturated carbocycles. The van der Waals surface area contributed by atoms with E-state index in [-0.39, 0.29) is 17.8 Å². The summed E-state index contributed by atoms with van der Waals surface area (Å²) in [7, 11) is 0. The van der Waals surface area contributed by atoms with E-state index in [1.165, 1.54) is 11.5 Å². The van der Waals surface area contributed by atoms with Crippen LogP contribution in [0, 0.1) is 22.5 Å². The van der Waals surface area contributed by atoms with Crippen LogP contribution >= 0.6 is 0 Å². The Kier molecular flexibility index (Phi) is 5.83. The zero-order valence-corrected chi connectivity index (χ0v) is 13.7. The van der Waals surface area contributed by atoms with Gasteiger partial charge >= 0.3 is 11.8 Å². The minimum absolute atomic E-state index is 0.0417. The lowest BCUT2D eigenvalue weighted by Gasteiger charge is -2.21. The van der Waals surface area contributed by atoms with Crippen LogP contribution in [-0.4, -0.2) is 37.5 Å². The van der Waals surface area contributed by atoms with Crippen molar-refractivity contribution in [1.29, 1.82) is 0 Å². The number of amides is 1. The molecule has 0 radical (unpaired) electrons. The molecule has 1 heterocycles. The second-order valence-corrected chi connectivity index (χ2v) is 6.59. The molecule has 0 spiro atoms. The first-order valence-corrected chi connectivity index (χ1v) is 7.20. The number of nitro groups is 1. The summed E-state index contributed by atoms with van der Waals surface area (Å²) in [4.78, 5) is 36.9. The van der Waals surface area contributed by atoms with E-state index in [0.29, 0.717) is 18.7 Å². The van der Waals surface area contributed by atoms with Crippen LogP contribution in [-0.2, 0) is 16.1 Å². The molecule has 1 unspecified atom stereocenters. The van der Waals surface area contributed by atoms with Crippen LogP contribution < -0.4 is 5.32 Å². The monoisotopic (exact) mass is 326 g/mol. The third-order valence-corrected chi connectivity index (χ3v) is 3.28. The van der Waals surface area contributed by atoms with Crippen molar-refractivity contribution in [1.82, 2.24) is 14.9 Å². The molecule has 9 nitrogen and oxygen atoms in total. The van der Waals surface area contributed by atoms with Gasteiger partial charge < -0.3 is 20.5 Å². The van der Waals surface area contributed by atoms with Crippen LogP contribution in [0.3, 0.4) is 0 Å².